The minimum atomic E-state index is 0.897. The van der Waals surface area contributed by atoms with Crippen molar-refractivity contribution in [3.05, 3.63) is 6.42 Å². The second kappa shape index (κ2) is 15.1. The molecule has 0 aromatic heterocycles. The third kappa shape index (κ3) is 16.0. The van der Waals surface area contributed by atoms with E-state index in [4.69, 9.17) is 0 Å². The maximum atomic E-state index is 2.50. The highest BCUT2D eigenvalue weighted by Gasteiger charge is 1.95. The van der Waals surface area contributed by atoms with Crippen LogP contribution in [-0.4, -0.2) is 0 Å². The zero-order chi connectivity index (χ0) is 13.5. The van der Waals surface area contributed by atoms with Crippen molar-refractivity contribution in [3.63, 3.8) is 0 Å². The van der Waals surface area contributed by atoms with Gasteiger partial charge in [-0.1, -0.05) is 104 Å². The van der Waals surface area contributed by atoms with E-state index in [1.807, 2.05) is 0 Å². The van der Waals surface area contributed by atoms with Gasteiger partial charge in [0.15, 0.2) is 0 Å². The normalized spacial score (nSPS) is 11.3. The fourth-order valence-corrected chi connectivity index (χ4v) is 2.39. The molecule has 0 aliphatic rings. The van der Waals surface area contributed by atoms with Crippen molar-refractivity contribution >= 4 is 0 Å². The Labute approximate surface area is 117 Å². The Balaban J connectivity index is 2.90. The highest BCUT2D eigenvalue weighted by atomic mass is 14.0. The maximum Gasteiger partial charge on any atom is -0.0386 e. The standard InChI is InChI=1S/C18H37/c1-4-5-6-7-8-9-10-11-12-13-14-15-16-17-18(2)3/h7,18H,4-6,8-17H2,1-3H3. The summed E-state index contributed by atoms with van der Waals surface area (Å²) in [5.41, 5.74) is 0. The molecule has 0 N–H and O–H groups in total. The minimum absolute atomic E-state index is 0.897. The van der Waals surface area contributed by atoms with Gasteiger partial charge in [0.1, 0.15) is 0 Å². The van der Waals surface area contributed by atoms with Crippen LogP contribution in [0.3, 0.4) is 0 Å². The van der Waals surface area contributed by atoms with Crippen LogP contribution >= 0.6 is 0 Å². The summed E-state index contributed by atoms with van der Waals surface area (Å²) in [6.07, 6.45) is 21.0. The Morgan fingerprint density at radius 3 is 1.72 bits per heavy atom. The van der Waals surface area contributed by atoms with Gasteiger partial charge in [0, 0.05) is 0 Å². The van der Waals surface area contributed by atoms with E-state index in [1.54, 1.807) is 0 Å². The van der Waals surface area contributed by atoms with E-state index >= 15 is 0 Å². The summed E-state index contributed by atoms with van der Waals surface area (Å²) in [5.74, 6) is 0.897. The van der Waals surface area contributed by atoms with Crippen LogP contribution in [0.5, 0.6) is 0 Å². The van der Waals surface area contributed by atoms with Gasteiger partial charge in [-0.3, -0.25) is 0 Å². The summed E-state index contributed by atoms with van der Waals surface area (Å²) in [6.45, 7) is 6.93. The number of rotatable bonds is 14. The minimum Gasteiger partial charge on any atom is -0.0654 e. The summed E-state index contributed by atoms with van der Waals surface area (Å²) in [4.78, 5) is 0. The van der Waals surface area contributed by atoms with Crippen LogP contribution in [0, 0.1) is 12.3 Å². The zero-order valence-electron chi connectivity index (χ0n) is 13.3. The van der Waals surface area contributed by atoms with E-state index in [0.29, 0.717) is 0 Å². The molecule has 0 spiro atoms. The number of hydrogen-bond acceptors (Lipinski definition) is 0. The van der Waals surface area contributed by atoms with Gasteiger partial charge >= 0.3 is 0 Å². The molecule has 0 saturated heterocycles. The van der Waals surface area contributed by atoms with E-state index in [2.05, 4.69) is 27.2 Å². The van der Waals surface area contributed by atoms with Crippen molar-refractivity contribution in [1.82, 2.24) is 0 Å². The van der Waals surface area contributed by atoms with Gasteiger partial charge in [0.05, 0.1) is 0 Å². The number of unbranched alkanes of at least 4 members (excludes halogenated alkanes) is 12. The zero-order valence-corrected chi connectivity index (χ0v) is 13.3. The Morgan fingerprint density at radius 2 is 1.17 bits per heavy atom. The Kier molecular flexibility index (Phi) is 15.1. The fourth-order valence-electron chi connectivity index (χ4n) is 2.39. The Bertz CT molecular complexity index is 137. The summed E-state index contributed by atoms with van der Waals surface area (Å²) in [5, 5.41) is 0. The van der Waals surface area contributed by atoms with Crippen LogP contribution in [0.25, 0.3) is 0 Å². The molecule has 0 heteroatoms. The lowest BCUT2D eigenvalue weighted by atomic mass is 10.0. The van der Waals surface area contributed by atoms with Crippen molar-refractivity contribution in [2.45, 2.75) is 104 Å². The predicted octanol–water partition coefficient (Wildman–Crippen LogP) is 6.94. The van der Waals surface area contributed by atoms with Gasteiger partial charge < -0.3 is 0 Å². The van der Waals surface area contributed by atoms with Gasteiger partial charge in [0.25, 0.3) is 0 Å². The van der Waals surface area contributed by atoms with Crippen LogP contribution in [0.1, 0.15) is 104 Å². The quantitative estimate of drug-likeness (QED) is 0.294. The summed E-state index contributed by atoms with van der Waals surface area (Å²) in [6, 6.07) is 0. The van der Waals surface area contributed by atoms with Gasteiger partial charge in [-0.25, -0.2) is 0 Å². The molecule has 1 radical (unpaired) electrons. The SMILES string of the molecule is CCCC[CH]CCCCCCCCCCC(C)C. The first-order valence-electron chi connectivity index (χ1n) is 8.59. The molecule has 0 aliphatic heterocycles. The van der Waals surface area contributed by atoms with Crippen LogP contribution in [0.4, 0.5) is 0 Å². The molecule has 18 heavy (non-hydrogen) atoms. The monoisotopic (exact) mass is 253 g/mol. The van der Waals surface area contributed by atoms with Crippen LogP contribution in [-0.2, 0) is 0 Å². The summed E-state index contributed by atoms with van der Waals surface area (Å²) < 4.78 is 0. The molecule has 0 amide bonds. The number of hydrogen-bond donors (Lipinski definition) is 0. The second-order valence-corrected chi connectivity index (χ2v) is 6.23. The van der Waals surface area contributed by atoms with Crippen LogP contribution < -0.4 is 0 Å². The first-order chi connectivity index (χ1) is 8.77. The van der Waals surface area contributed by atoms with Crippen LogP contribution in [0.15, 0.2) is 0 Å². The molecule has 0 saturated carbocycles. The molecule has 109 valence electrons. The first kappa shape index (κ1) is 18.0. The maximum absolute atomic E-state index is 2.50. The van der Waals surface area contributed by atoms with Gasteiger partial charge in [0.2, 0.25) is 0 Å². The highest BCUT2D eigenvalue weighted by Crippen LogP contribution is 2.13. The van der Waals surface area contributed by atoms with Crippen molar-refractivity contribution in [2.75, 3.05) is 0 Å². The molecule has 0 heterocycles. The molecular formula is C18H37. The van der Waals surface area contributed by atoms with E-state index in [1.165, 1.54) is 83.5 Å². The molecular weight excluding hydrogens is 216 g/mol. The van der Waals surface area contributed by atoms with Gasteiger partial charge in [-0.2, -0.15) is 0 Å². The third-order valence-electron chi connectivity index (χ3n) is 3.70. The average Bonchev–Trinajstić information content (AvgIpc) is 2.34. The molecule has 0 rings (SSSR count). The third-order valence-corrected chi connectivity index (χ3v) is 3.70. The van der Waals surface area contributed by atoms with Crippen molar-refractivity contribution < 1.29 is 0 Å². The first-order valence-corrected chi connectivity index (χ1v) is 8.59. The summed E-state index contributed by atoms with van der Waals surface area (Å²) >= 11 is 0. The molecule has 0 bridgehead atoms. The lowest BCUT2D eigenvalue weighted by Crippen LogP contribution is -1.87. The smallest absolute Gasteiger partial charge is 0.0386 e. The van der Waals surface area contributed by atoms with Crippen molar-refractivity contribution in [3.8, 4) is 0 Å². The molecule has 0 unspecified atom stereocenters. The van der Waals surface area contributed by atoms with Gasteiger partial charge in [-0.15, -0.1) is 0 Å². The van der Waals surface area contributed by atoms with Crippen molar-refractivity contribution in [2.24, 2.45) is 5.92 Å². The fraction of sp³-hybridized carbons (Fsp3) is 0.944. The van der Waals surface area contributed by atoms with E-state index in [-0.39, 0.29) is 0 Å². The predicted molar refractivity (Wildman–Crippen MR) is 84.8 cm³/mol. The lowest BCUT2D eigenvalue weighted by Gasteiger charge is -2.04. The van der Waals surface area contributed by atoms with Crippen LogP contribution in [0.2, 0.25) is 0 Å². The molecule has 0 aromatic carbocycles. The largest absolute Gasteiger partial charge is 0.0654 e. The van der Waals surface area contributed by atoms with E-state index < -0.39 is 0 Å². The molecule has 0 nitrogen and oxygen atoms in total. The molecule has 0 aromatic rings. The van der Waals surface area contributed by atoms with E-state index in [0.717, 1.165) is 5.92 Å². The Morgan fingerprint density at radius 1 is 0.667 bits per heavy atom. The molecule has 0 fully saturated rings. The molecule has 0 aliphatic carbocycles. The molecule has 0 atom stereocenters. The average molecular weight is 253 g/mol. The van der Waals surface area contributed by atoms with Crippen molar-refractivity contribution in [1.29, 1.82) is 0 Å². The highest BCUT2D eigenvalue weighted by molar-refractivity contribution is 4.63. The van der Waals surface area contributed by atoms with Gasteiger partial charge in [-0.05, 0) is 12.3 Å². The summed E-state index contributed by atoms with van der Waals surface area (Å²) in [7, 11) is 0. The second-order valence-electron chi connectivity index (χ2n) is 6.23. The van der Waals surface area contributed by atoms with E-state index in [9.17, 15) is 0 Å². The lowest BCUT2D eigenvalue weighted by molar-refractivity contribution is 0.507. The topological polar surface area (TPSA) is 0 Å². The Hall–Kier alpha value is 0.